The molecule has 0 unspecified atom stereocenters. The fraction of sp³-hybridized carbons (Fsp3) is 0.417. The minimum atomic E-state index is 0.635. The quantitative estimate of drug-likeness (QED) is 0.766. The van der Waals surface area contributed by atoms with Crippen molar-refractivity contribution in [3.8, 4) is 0 Å². The summed E-state index contributed by atoms with van der Waals surface area (Å²) in [6.07, 6.45) is 3.91. The van der Waals surface area contributed by atoms with Gasteiger partial charge < -0.3 is 0 Å². The molecule has 0 radical (unpaired) electrons. The molecule has 0 saturated heterocycles. The number of fused-ring (bicyclic) bond motifs is 1. The zero-order chi connectivity index (χ0) is 10.4. The summed E-state index contributed by atoms with van der Waals surface area (Å²) in [6, 6.07) is 7.04. The van der Waals surface area contributed by atoms with E-state index in [1.165, 1.54) is 30.2 Å². The van der Waals surface area contributed by atoms with Crippen molar-refractivity contribution < 1.29 is 0 Å². The zero-order valence-corrected chi connectivity index (χ0v) is 10.3. The molecule has 1 heterocycles. The fourth-order valence-corrected chi connectivity index (χ4v) is 2.53. The van der Waals surface area contributed by atoms with Crippen molar-refractivity contribution in [2.45, 2.75) is 32.2 Å². The van der Waals surface area contributed by atoms with Crippen LogP contribution in [0.25, 0.3) is 10.9 Å². The average molecular weight is 265 g/mol. The smallest absolute Gasteiger partial charge is 0.0699 e. The van der Waals surface area contributed by atoms with Gasteiger partial charge in [-0.25, -0.2) is 0 Å². The molecular weight excluding hydrogens is 252 g/mol. The Morgan fingerprint density at radius 3 is 2.87 bits per heavy atom. The number of aromatic nitrogens is 2. The predicted octanol–water partition coefficient (Wildman–Crippen LogP) is 3.83. The van der Waals surface area contributed by atoms with Crippen LogP contribution in [0.5, 0.6) is 0 Å². The van der Waals surface area contributed by atoms with Gasteiger partial charge in [-0.3, -0.25) is 4.68 Å². The summed E-state index contributed by atoms with van der Waals surface area (Å²) in [5, 5.41) is 5.93. The Bertz CT molecular complexity index is 512. The maximum atomic E-state index is 4.65. The lowest BCUT2D eigenvalue weighted by molar-refractivity contribution is 0.296. The topological polar surface area (TPSA) is 17.8 Å². The van der Waals surface area contributed by atoms with Gasteiger partial charge in [0.05, 0.1) is 17.3 Å². The number of aryl methyl sites for hydroxylation is 1. The summed E-state index contributed by atoms with van der Waals surface area (Å²) in [4.78, 5) is 0. The Kier molecular flexibility index (Phi) is 2.09. The number of hydrogen-bond acceptors (Lipinski definition) is 1. The first-order chi connectivity index (χ1) is 7.25. The van der Waals surface area contributed by atoms with E-state index in [2.05, 4.69) is 50.8 Å². The molecule has 2 aromatic rings. The van der Waals surface area contributed by atoms with E-state index >= 15 is 0 Å². The van der Waals surface area contributed by atoms with E-state index in [4.69, 9.17) is 0 Å². The van der Waals surface area contributed by atoms with E-state index in [0.29, 0.717) is 6.04 Å². The Hall–Kier alpha value is -0.830. The Morgan fingerprint density at radius 2 is 2.20 bits per heavy atom. The molecule has 0 atom stereocenters. The first kappa shape index (κ1) is 9.40. The highest BCUT2D eigenvalue weighted by molar-refractivity contribution is 9.10. The van der Waals surface area contributed by atoms with E-state index in [0.717, 1.165) is 10.2 Å². The van der Waals surface area contributed by atoms with Gasteiger partial charge in [-0.05, 0) is 44.4 Å². The molecule has 3 rings (SSSR count). The normalized spacial score (nSPS) is 16.9. The number of hydrogen-bond donors (Lipinski definition) is 0. The van der Waals surface area contributed by atoms with Gasteiger partial charge in [-0.15, -0.1) is 0 Å². The van der Waals surface area contributed by atoms with Crippen molar-refractivity contribution in [1.82, 2.24) is 9.78 Å². The summed E-state index contributed by atoms with van der Waals surface area (Å²) in [7, 11) is 0. The van der Waals surface area contributed by atoms with Crippen LogP contribution in [-0.4, -0.2) is 9.78 Å². The summed E-state index contributed by atoms with van der Waals surface area (Å²) in [5.41, 5.74) is 2.41. The number of benzene rings is 1. The number of halogens is 1. The fourth-order valence-electron chi connectivity index (χ4n) is 2.18. The van der Waals surface area contributed by atoms with Gasteiger partial charge in [0.1, 0.15) is 0 Å². The lowest BCUT2D eigenvalue weighted by Crippen LogP contribution is -2.18. The largest absolute Gasteiger partial charge is 0.262 e. The molecule has 0 spiro atoms. The molecule has 1 aromatic carbocycles. The minimum Gasteiger partial charge on any atom is -0.262 e. The van der Waals surface area contributed by atoms with Gasteiger partial charge in [0.25, 0.3) is 0 Å². The third-order valence-corrected chi connectivity index (χ3v) is 3.77. The number of rotatable bonds is 1. The van der Waals surface area contributed by atoms with Crippen molar-refractivity contribution in [3.05, 3.63) is 28.4 Å². The molecule has 15 heavy (non-hydrogen) atoms. The van der Waals surface area contributed by atoms with E-state index in [1.807, 2.05) is 0 Å². The SMILES string of the molecule is Cc1nn(C2CCC2)c2cc(Br)ccc12. The van der Waals surface area contributed by atoms with Crippen LogP contribution in [0.15, 0.2) is 22.7 Å². The van der Waals surface area contributed by atoms with Gasteiger partial charge in [0, 0.05) is 9.86 Å². The maximum Gasteiger partial charge on any atom is 0.0699 e. The Morgan fingerprint density at radius 1 is 1.40 bits per heavy atom. The van der Waals surface area contributed by atoms with Crippen LogP contribution in [0.4, 0.5) is 0 Å². The monoisotopic (exact) mass is 264 g/mol. The molecule has 1 saturated carbocycles. The molecule has 0 amide bonds. The van der Waals surface area contributed by atoms with Gasteiger partial charge in [0.15, 0.2) is 0 Å². The molecule has 1 aliphatic carbocycles. The van der Waals surface area contributed by atoms with E-state index in [1.54, 1.807) is 0 Å². The second kappa shape index (κ2) is 3.34. The molecule has 0 N–H and O–H groups in total. The first-order valence-corrected chi connectivity index (χ1v) is 6.19. The minimum absolute atomic E-state index is 0.635. The van der Waals surface area contributed by atoms with Gasteiger partial charge in [-0.2, -0.15) is 5.10 Å². The Balaban J connectivity index is 2.24. The lowest BCUT2D eigenvalue weighted by atomic mass is 9.93. The predicted molar refractivity (Wildman–Crippen MR) is 65.1 cm³/mol. The summed E-state index contributed by atoms with van der Waals surface area (Å²) >= 11 is 3.52. The highest BCUT2D eigenvalue weighted by Gasteiger charge is 2.22. The van der Waals surface area contributed by atoms with Gasteiger partial charge in [0.2, 0.25) is 0 Å². The second-order valence-corrected chi connectivity index (χ2v) is 5.19. The van der Waals surface area contributed by atoms with Crippen LogP contribution in [0.1, 0.15) is 31.0 Å². The van der Waals surface area contributed by atoms with Crippen molar-refractivity contribution in [2.24, 2.45) is 0 Å². The molecule has 0 aliphatic heterocycles. The van der Waals surface area contributed by atoms with Crippen LogP contribution in [0.3, 0.4) is 0 Å². The average Bonchev–Trinajstić information content (AvgIpc) is 2.41. The van der Waals surface area contributed by atoms with Crippen molar-refractivity contribution >= 4 is 26.8 Å². The van der Waals surface area contributed by atoms with E-state index < -0.39 is 0 Å². The Labute approximate surface area is 97.4 Å². The molecule has 1 fully saturated rings. The molecule has 1 aromatic heterocycles. The molecule has 3 heteroatoms. The summed E-state index contributed by atoms with van der Waals surface area (Å²) in [5.74, 6) is 0. The summed E-state index contributed by atoms with van der Waals surface area (Å²) < 4.78 is 3.34. The van der Waals surface area contributed by atoms with Crippen LogP contribution in [0.2, 0.25) is 0 Å². The summed E-state index contributed by atoms with van der Waals surface area (Å²) in [6.45, 7) is 2.09. The molecule has 2 nitrogen and oxygen atoms in total. The van der Waals surface area contributed by atoms with Crippen LogP contribution < -0.4 is 0 Å². The van der Waals surface area contributed by atoms with Gasteiger partial charge >= 0.3 is 0 Å². The highest BCUT2D eigenvalue weighted by Crippen LogP contribution is 2.35. The molecular formula is C12H13BrN2. The van der Waals surface area contributed by atoms with Crippen molar-refractivity contribution in [3.63, 3.8) is 0 Å². The standard InChI is InChI=1S/C12H13BrN2/c1-8-11-6-5-9(13)7-12(11)15(14-8)10-3-2-4-10/h5-7,10H,2-4H2,1H3. The van der Waals surface area contributed by atoms with Crippen LogP contribution in [-0.2, 0) is 0 Å². The highest BCUT2D eigenvalue weighted by atomic mass is 79.9. The molecule has 1 aliphatic rings. The maximum absolute atomic E-state index is 4.65. The lowest BCUT2D eigenvalue weighted by Gasteiger charge is -2.26. The first-order valence-electron chi connectivity index (χ1n) is 5.40. The van der Waals surface area contributed by atoms with Crippen molar-refractivity contribution in [2.75, 3.05) is 0 Å². The second-order valence-electron chi connectivity index (χ2n) is 4.28. The van der Waals surface area contributed by atoms with Crippen LogP contribution >= 0.6 is 15.9 Å². The van der Waals surface area contributed by atoms with Crippen LogP contribution in [0, 0.1) is 6.92 Å². The number of nitrogens with zero attached hydrogens (tertiary/aromatic N) is 2. The third kappa shape index (κ3) is 1.41. The van der Waals surface area contributed by atoms with Gasteiger partial charge in [-0.1, -0.05) is 15.9 Å². The zero-order valence-electron chi connectivity index (χ0n) is 8.70. The third-order valence-electron chi connectivity index (χ3n) is 3.27. The van der Waals surface area contributed by atoms with E-state index in [-0.39, 0.29) is 0 Å². The van der Waals surface area contributed by atoms with Crippen molar-refractivity contribution in [1.29, 1.82) is 0 Å². The molecule has 78 valence electrons. The molecule has 0 bridgehead atoms. The van der Waals surface area contributed by atoms with E-state index in [9.17, 15) is 0 Å².